The van der Waals surface area contributed by atoms with E-state index in [1.165, 1.54) is 0 Å². The predicted molar refractivity (Wildman–Crippen MR) is 65.3 cm³/mol. The molecule has 0 atom stereocenters. The highest BCUT2D eigenvalue weighted by Gasteiger charge is 2.37. The van der Waals surface area contributed by atoms with E-state index in [4.69, 9.17) is 0 Å². The second kappa shape index (κ2) is 3.96. The maximum Gasteiger partial charge on any atom is 0.0380 e. The summed E-state index contributed by atoms with van der Waals surface area (Å²) in [5.74, 6) is 0. The molecule has 0 radical (unpaired) electrons. The molecule has 0 aromatic carbocycles. The Morgan fingerprint density at radius 3 is 1.36 bits per heavy atom. The third-order valence-corrected chi connectivity index (χ3v) is 2.63. The van der Waals surface area contributed by atoms with E-state index in [2.05, 4.69) is 67.0 Å². The first-order valence-electron chi connectivity index (χ1n) is 5.36. The Hall–Kier alpha value is -0.460. The normalized spacial score (nSPS) is 13.2. The fraction of sp³-hybridized carbons (Fsp3) is 0.846. The highest BCUT2D eigenvalue weighted by molar-refractivity contribution is 4.99. The van der Waals surface area contributed by atoms with Crippen molar-refractivity contribution in [2.45, 2.75) is 54.5 Å². The molecule has 0 aliphatic carbocycles. The summed E-state index contributed by atoms with van der Waals surface area (Å²) in [7, 11) is 2.14. The van der Waals surface area contributed by atoms with Gasteiger partial charge in [-0.05, 0) is 17.8 Å². The molecule has 0 amide bonds. The molecule has 0 spiro atoms. The zero-order valence-electron chi connectivity index (χ0n) is 11.2. The van der Waals surface area contributed by atoms with E-state index in [1.807, 2.05) is 0 Å². The van der Waals surface area contributed by atoms with Gasteiger partial charge in [0.25, 0.3) is 0 Å². The van der Waals surface area contributed by atoms with Gasteiger partial charge >= 0.3 is 0 Å². The molecule has 0 bridgehead atoms. The fourth-order valence-corrected chi connectivity index (χ4v) is 2.68. The zero-order valence-corrected chi connectivity index (χ0v) is 11.2. The van der Waals surface area contributed by atoms with Gasteiger partial charge < -0.3 is 4.90 Å². The van der Waals surface area contributed by atoms with Gasteiger partial charge in [-0.15, -0.1) is 0 Å². The molecule has 0 aromatic heterocycles. The van der Waals surface area contributed by atoms with Crippen LogP contribution in [-0.2, 0) is 0 Å². The minimum atomic E-state index is 0.270. The van der Waals surface area contributed by atoms with Crippen molar-refractivity contribution in [1.82, 2.24) is 4.90 Å². The SMILES string of the molecule is C=C(C)N(C)C(C(C)(C)C)C(C)(C)C. The van der Waals surface area contributed by atoms with Gasteiger partial charge in [-0.25, -0.2) is 0 Å². The topological polar surface area (TPSA) is 3.24 Å². The van der Waals surface area contributed by atoms with Crippen molar-refractivity contribution in [3.8, 4) is 0 Å². The molecule has 0 aliphatic heterocycles. The van der Waals surface area contributed by atoms with Crippen LogP contribution >= 0.6 is 0 Å². The van der Waals surface area contributed by atoms with E-state index in [-0.39, 0.29) is 10.8 Å². The number of rotatable bonds is 2. The Morgan fingerprint density at radius 2 is 1.29 bits per heavy atom. The standard InChI is InChI=1S/C13H27N/c1-10(2)14(9)11(12(3,4)5)13(6,7)8/h11H,1H2,2-9H3. The lowest BCUT2D eigenvalue weighted by Crippen LogP contribution is -2.49. The summed E-state index contributed by atoms with van der Waals surface area (Å²) in [6.45, 7) is 19.9. The molecule has 84 valence electrons. The minimum absolute atomic E-state index is 0.270. The molecular weight excluding hydrogens is 170 g/mol. The van der Waals surface area contributed by atoms with Crippen molar-refractivity contribution < 1.29 is 0 Å². The molecule has 1 nitrogen and oxygen atoms in total. The quantitative estimate of drug-likeness (QED) is 0.648. The van der Waals surface area contributed by atoms with Gasteiger partial charge in [-0.3, -0.25) is 0 Å². The molecule has 0 heterocycles. The smallest absolute Gasteiger partial charge is 0.0380 e. The molecule has 0 fully saturated rings. The van der Waals surface area contributed by atoms with Gasteiger partial charge in [0.05, 0.1) is 0 Å². The first-order valence-corrected chi connectivity index (χ1v) is 5.36. The van der Waals surface area contributed by atoms with Crippen molar-refractivity contribution in [3.05, 3.63) is 12.3 Å². The van der Waals surface area contributed by atoms with Crippen LogP contribution in [0.2, 0.25) is 0 Å². The Morgan fingerprint density at radius 1 is 1.00 bits per heavy atom. The van der Waals surface area contributed by atoms with Crippen LogP contribution in [-0.4, -0.2) is 18.0 Å². The number of nitrogens with zero attached hydrogens (tertiary/aromatic N) is 1. The lowest BCUT2D eigenvalue weighted by atomic mass is 9.71. The van der Waals surface area contributed by atoms with Gasteiger partial charge in [0.2, 0.25) is 0 Å². The molecule has 0 rings (SSSR count). The van der Waals surface area contributed by atoms with E-state index in [1.54, 1.807) is 0 Å². The maximum absolute atomic E-state index is 4.03. The van der Waals surface area contributed by atoms with Gasteiger partial charge in [0.15, 0.2) is 0 Å². The van der Waals surface area contributed by atoms with Gasteiger partial charge in [-0.1, -0.05) is 48.1 Å². The Bertz CT molecular complexity index is 188. The molecule has 14 heavy (non-hydrogen) atoms. The fourth-order valence-electron chi connectivity index (χ4n) is 2.68. The Kier molecular flexibility index (Phi) is 3.83. The minimum Gasteiger partial charge on any atom is -0.375 e. The predicted octanol–water partition coefficient (Wildman–Crippen LogP) is 3.91. The Labute approximate surface area is 90.2 Å². The second-order valence-electron chi connectivity index (χ2n) is 6.48. The average Bonchev–Trinajstić information content (AvgIpc) is 1.79. The first kappa shape index (κ1) is 13.5. The van der Waals surface area contributed by atoms with Crippen molar-refractivity contribution in [2.24, 2.45) is 10.8 Å². The largest absolute Gasteiger partial charge is 0.375 e. The summed E-state index contributed by atoms with van der Waals surface area (Å²) >= 11 is 0. The summed E-state index contributed by atoms with van der Waals surface area (Å²) < 4.78 is 0. The second-order valence-corrected chi connectivity index (χ2v) is 6.48. The van der Waals surface area contributed by atoms with E-state index in [0.29, 0.717) is 6.04 Å². The van der Waals surface area contributed by atoms with Crippen LogP contribution in [0.3, 0.4) is 0 Å². The lowest BCUT2D eigenvalue weighted by molar-refractivity contribution is 0.0578. The number of hydrogen-bond acceptors (Lipinski definition) is 1. The van der Waals surface area contributed by atoms with Crippen LogP contribution in [0.15, 0.2) is 12.3 Å². The summed E-state index contributed by atoms with van der Waals surface area (Å²) in [6, 6.07) is 0.507. The van der Waals surface area contributed by atoms with Crippen LogP contribution in [0, 0.1) is 10.8 Å². The highest BCUT2D eigenvalue weighted by Crippen LogP contribution is 2.37. The van der Waals surface area contributed by atoms with Gasteiger partial charge in [0, 0.05) is 18.8 Å². The molecule has 0 saturated heterocycles. The molecule has 0 aliphatic rings. The molecular formula is C13H27N. The van der Waals surface area contributed by atoms with Crippen LogP contribution in [0.4, 0.5) is 0 Å². The highest BCUT2D eigenvalue weighted by atomic mass is 15.2. The molecule has 1 heteroatoms. The Balaban J connectivity index is 5.03. The van der Waals surface area contributed by atoms with Gasteiger partial charge in [0.1, 0.15) is 0 Å². The average molecular weight is 197 g/mol. The third-order valence-electron chi connectivity index (χ3n) is 2.63. The summed E-state index contributed by atoms with van der Waals surface area (Å²) in [5.41, 5.74) is 1.68. The van der Waals surface area contributed by atoms with E-state index in [0.717, 1.165) is 5.70 Å². The third kappa shape index (κ3) is 3.36. The monoisotopic (exact) mass is 197 g/mol. The summed E-state index contributed by atoms with van der Waals surface area (Å²) in [4.78, 5) is 2.31. The summed E-state index contributed by atoms with van der Waals surface area (Å²) in [6.07, 6.45) is 0. The molecule has 0 N–H and O–H groups in total. The van der Waals surface area contributed by atoms with E-state index < -0.39 is 0 Å². The van der Waals surface area contributed by atoms with Crippen LogP contribution in [0.25, 0.3) is 0 Å². The van der Waals surface area contributed by atoms with Crippen molar-refractivity contribution in [2.75, 3.05) is 7.05 Å². The first-order chi connectivity index (χ1) is 5.98. The summed E-state index contributed by atoms with van der Waals surface area (Å²) in [5, 5.41) is 0. The van der Waals surface area contributed by atoms with Crippen molar-refractivity contribution in [3.63, 3.8) is 0 Å². The number of allylic oxidation sites excluding steroid dienone is 1. The number of hydrogen-bond donors (Lipinski definition) is 0. The van der Waals surface area contributed by atoms with E-state index >= 15 is 0 Å². The molecule has 0 unspecified atom stereocenters. The van der Waals surface area contributed by atoms with Crippen LogP contribution in [0.5, 0.6) is 0 Å². The van der Waals surface area contributed by atoms with E-state index in [9.17, 15) is 0 Å². The van der Waals surface area contributed by atoms with Crippen molar-refractivity contribution >= 4 is 0 Å². The van der Waals surface area contributed by atoms with Crippen LogP contribution < -0.4 is 0 Å². The van der Waals surface area contributed by atoms with Crippen molar-refractivity contribution in [1.29, 1.82) is 0 Å². The molecule has 0 aromatic rings. The molecule has 0 saturated carbocycles. The zero-order chi connectivity index (χ0) is 11.7. The maximum atomic E-state index is 4.03. The van der Waals surface area contributed by atoms with Crippen LogP contribution in [0.1, 0.15) is 48.5 Å². The van der Waals surface area contributed by atoms with Gasteiger partial charge in [-0.2, -0.15) is 0 Å². The lowest BCUT2D eigenvalue weighted by Gasteiger charge is -2.47.